The minimum atomic E-state index is -0.0985. The molecule has 8 heteroatoms. The van der Waals surface area contributed by atoms with Gasteiger partial charge in [0.2, 0.25) is 0 Å². The Bertz CT molecular complexity index is 851. The maximum absolute atomic E-state index is 13.6. The minimum absolute atomic E-state index is 0.0239. The van der Waals surface area contributed by atoms with E-state index in [-0.39, 0.29) is 39.4 Å². The van der Waals surface area contributed by atoms with Crippen LogP contribution in [0.15, 0.2) is 24.3 Å². The number of fused-ring (bicyclic) bond motifs is 2. The number of benzene rings is 1. The third kappa shape index (κ3) is 6.65. The van der Waals surface area contributed by atoms with E-state index in [0.29, 0.717) is 12.6 Å². The fraction of sp³-hybridized carbons (Fsp3) is 0.731. The zero-order chi connectivity index (χ0) is 24.5. The minimum Gasteiger partial charge on any atom is -0.464 e. The molecular weight excluding hydrogens is 577 g/mol. The molecule has 190 valence electrons. The highest BCUT2D eigenvalue weighted by Gasteiger charge is 2.49. The fourth-order valence-electron chi connectivity index (χ4n) is 5.53. The number of halogens is 1. The van der Waals surface area contributed by atoms with E-state index in [1.165, 1.54) is 15.6 Å². The molecule has 3 heterocycles. The quantitative estimate of drug-likeness (QED) is 0.283. The van der Waals surface area contributed by atoms with Gasteiger partial charge in [0.1, 0.15) is 6.61 Å². The van der Waals surface area contributed by atoms with Gasteiger partial charge in [0.25, 0.3) is 0 Å². The van der Waals surface area contributed by atoms with Gasteiger partial charge in [-0.3, -0.25) is 9.69 Å². The van der Waals surface area contributed by atoms with Crippen molar-refractivity contribution in [2.45, 2.75) is 80.5 Å². The number of esters is 1. The Balaban J connectivity index is 1.44. The molecule has 0 aromatic heterocycles. The third-order valence-corrected chi connectivity index (χ3v) is 12.5. The molecule has 2 N–H and O–H groups in total. The lowest BCUT2D eigenvalue weighted by atomic mass is 9.76. The summed E-state index contributed by atoms with van der Waals surface area (Å²) in [6.07, 6.45) is 3.30. The van der Waals surface area contributed by atoms with Gasteiger partial charge in [-0.05, 0) is 94.3 Å². The zero-order valence-electron chi connectivity index (χ0n) is 21.1. The summed E-state index contributed by atoms with van der Waals surface area (Å²) in [5, 5.41) is 7.27. The molecule has 1 aromatic carbocycles. The Morgan fingerprint density at radius 3 is 2.50 bits per heavy atom. The average Bonchev–Trinajstić information content (AvgIpc) is 3.01. The number of piperidine rings is 1. The van der Waals surface area contributed by atoms with E-state index in [0.717, 1.165) is 32.5 Å². The Morgan fingerprint density at radius 1 is 1.12 bits per heavy atom. The normalized spacial score (nSPS) is 33.9. The van der Waals surface area contributed by atoms with Crippen molar-refractivity contribution in [3.8, 4) is 0 Å². The van der Waals surface area contributed by atoms with E-state index in [2.05, 4.69) is 97.1 Å². The molecule has 3 unspecified atom stereocenters. The van der Waals surface area contributed by atoms with Gasteiger partial charge >= 0.3 is 5.97 Å². The van der Waals surface area contributed by atoms with Crippen LogP contribution in [-0.2, 0) is 9.53 Å². The van der Waals surface area contributed by atoms with Crippen molar-refractivity contribution in [1.29, 1.82) is 0 Å². The predicted molar refractivity (Wildman–Crippen MR) is 154 cm³/mol. The number of nitrogens with zero attached hydrogens (tertiary/aromatic N) is 1. The predicted octanol–water partition coefficient (Wildman–Crippen LogP) is 4.90. The lowest BCUT2D eigenvalue weighted by molar-refractivity contribution is -0.154. The van der Waals surface area contributed by atoms with E-state index in [1.54, 1.807) is 0 Å². The molecule has 3 fully saturated rings. The maximum atomic E-state index is 13.6. The zero-order valence-corrected chi connectivity index (χ0v) is 24.9. The molecule has 3 aliphatic rings. The van der Waals surface area contributed by atoms with E-state index < -0.39 is 0 Å². The van der Waals surface area contributed by atoms with Crippen LogP contribution in [0.5, 0.6) is 0 Å². The van der Waals surface area contributed by atoms with Gasteiger partial charge in [0.15, 0.2) is 0 Å². The van der Waals surface area contributed by atoms with Crippen molar-refractivity contribution in [2.24, 2.45) is 5.92 Å². The molecule has 3 aliphatic heterocycles. The summed E-state index contributed by atoms with van der Waals surface area (Å²) in [5.41, 5.74) is 1.28. The Labute approximate surface area is 227 Å². The first kappa shape index (κ1) is 27.0. The molecule has 0 amide bonds. The van der Waals surface area contributed by atoms with Crippen LogP contribution in [0, 0.1) is 9.49 Å². The van der Waals surface area contributed by atoms with Gasteiger partial charge in [-0.1, -0.05) is 33.7 Å². The first-order valence-electron chi connectivity index (χ1n) is 12.5. The summed E-state index contributed by atoms with van der Waals surface area (Å²) >= 11 is 2.35. The largest absolute Gasteiger partial charge is 0.464 e. The van der Waals surface area contributed by atoms with Crippen LogP contribution in [0.4, 0.5) is 0 Å². The lowest BCUT2D eigenvalue weighted by Crippen LogP contribution is -2.51. The Hall–Kier alpha value is -0.000000000000000222. The SMILES string of the molecule is CN1C2CCC1[C@@H](C(=O)OCC1CNCC(C)(C)SSC(C)(C)CN1)[C@@H](c1ccc(I)cc1)C2. The summed E-state index contributed by atoms with van der Waals surface area (Å²) in [6.45, 7) is 12.2. The monoisotopic (exact) mass is 617 g/mol. The second-order valence-corrected chi connectivity index (χ2v) is 16.2. The van der Waals surface area contributed by atoms with Crippen molar-refractivity contribution >= 4 is 50.1 Å². The molecule has 5 atom stereocenters. The average molecular weight is 618 g/mol. The van der Waals surface area contributed by atoms with Crippen LogP contribution in [0.3, 0.4) is 0 Å². The first-order valence-corrected chi connectivity index (χ1v) is 15.7. The molecule has 3 saturated heterocycles. The molecule has 2 bridgehead atoms. The van der Waals surface area contributed by atoms with Crippen molar-refractivity contribution in [3.05, 3.63) is 33.4 Å². The second kappa shape index (κ2) is 11.2. The van der Waals surface area contributed by atoms with Crippen LogP contribution >= 0.6 is 44.2 Å². The number of nitrogens with one attached hydrogen (secondary N) is 2. The molecular formula is C26H40IN3O2S2. The molecule has 34 heavy (non-hydrogen) atoms. The number of hydrogen-bond acceptors (Lipinski definition) is 7. The van der Waals surface area contributed by atoms with Gasteiger partial charge < -0.3 is 15.4 Å². The number of carbonyl (C=O) groups is 1. The van der Waals surface area contributed by atoms with E-state index in [4.69, 9.17) is 4.74 Å². The first-order chi connectivity index (χ1) is 16.0. The fourth-order valence-corrected chi connectivity index (χ4v) is 8.35. The number of carbonyl (C=O) groups excluding carboxylic acids is 1. The van der Waals surface area contributed by atoms with Crippen molar-refractivity contribution in [2.75, 3.05) is 33.3 Å². The summed E-state index contributed by atoms with van der Waals surface area (Å²) in [6, 6.07) is 9.70. The molecule has 5 nitrogen and oxygen atoms in total. The summed E-state index contributed by atoms with van der Waals surface area (Å²) in [7, 11) is 6.09. The smallest absolute Gasteiger partial charge is 0.311 e. The molecule has 0 saturated carbocycles. The highest BCUT2D eigenvalue weighted by molar-refractivity contribution is 14.1. The molecule has 0 radical (unpaired) electrons. The third-order valence-electron chi connectivity index (χ3n) is 7.52. The highest BCUT2D eigenvalue weighted by Crippen LogP contribution is 2.47. The van der Waals surface area contributed by atoms with Crippen molar-refractivity contribution < 1.29 is 9.53 Å². The number of ether oxygens (including phenoxy) is 1. The van der Waals surface area contributed by atoms with E-state index in [9.17, 15) is 4.79 Å². The second-order valence-electron chi connectivity index (χ2n) is 11.4. The lowest BCUT2D eigenvalue weighted by Gasteiger charge is -2.42. The topological polar surface area (TPSA) is 53.6 Å². The summed E-state index contributed by atoms with van der Waals surface area (Å²) in [4.78, 5) is 16.1. The molecule has 0 spiro atoms. The summed E-state index contributed by atoms with van der Waals surface area (Å²) < 4.78 is 7.61. The molecule has 4 rings (SSSR count). The van der Waals surface area contributed by atoms with Crippen LogP contribution in [0.25, 0.3) is 0 Å². The maximum Gasteiger partial charge on any atom is 0.311 e. The van der Waals surface area contributed by atoms with Crippen LogP contribution in [0.1, 0.15) is 58.4 Å². The Morgan fingerprint density at radius 2 is 1.79 bits per heavy atom. The van der Waals surface area contributed by atoms with Crippen molar-refractivity contribution in [1.82, 2.24) is 15.5 Å². The molecule has 1 aromatic rings. The van der Waals surface area contributed by atoms with E-state index in [1.807, 2.05) is 21.6 Å². The summed E-state index contributed by atoms with van der Waals surface area (Å²) in [5.74, 6) is 0.115. The van der Waals surface area contributed by atoms with Gasteiger partial charge in [-0.2, -0.15) is 0 Å². The van der Waals surface area contributed by atoms with E-state index >= 15 is 0 Å². The standard InChI is InChI=1S/C26H40IN3O2S2/c1-25(2)15-28-13-19(29-16-26(3,4)34-33-25)14-32-24(31)23-21(17-6-8-18(27)9-7-17)12-20-10-11-22(23)30(20)5/h6-9,19-23,28-29H,10-16H2,1-5H3/t19?,20?,21-,22?,23+/m1/s1. The van der Waals surface area contributed by atoms with Crippen molar-refractivity contribution in [3.63, 3.8) is 0 Å². The number of rotatable bonds is 4. The van der Waals surface area contributed by atoms with Crippen LogP contribution in [0.2, 0.25) is 0 Å². The number of hydrogen-bond donors (Lipinski definition) is 2. The van der Waals surface area contributed by atoms with Crippen LogP contribution < -0.4 is 10.6 Å². The van der Waals surface area contributed by atoms with Gasteiger partial charge in [0.05, 0.1) is 12.0 Å². The molecule has 0 aliphatic carbocycles. The van der Waals surface area contributed by atoms with Gasteiger partial charge in [0, 0.05) is 50.7 Å². The highest BCUT2D eigenvalue weighted by atomic mass is 127. The van der Waals surface area contributed by atoms with Gasteiger partial charge in [-0.25, -0.2) is 0 Å². The van der Waals surface area contributed by atoms with Gasteiger partial charge in [-0.15, -0.1) is 0 Å². The Kier molecular flexibility index (Phi) is 8.89. The van der Waals surface area contributed by atoms with Crippen LogP contribution in [-0.4, -0.2) is 71.8 Å².